The molecule has 0 bridgehead atoms. The molecule has 0 spiro atoms. The van der Waals surface area contributed by atoms with Crippen LogP contribution in [0.15, 0.2) is 27.2 Å². The van der Waals surface area contributed by atoms with Crippen molar-refractivity contribution in [1.82, 2.24) is 5.16 Å². The number of carboxylic acid groups (broad SMARTS) is 1. The lowest BCUT2D eigenvalue weighted by Crippen LogP contribution is -1.91. The number of carboxylic acids is 1. The molecule has 2 rings (SSSR count). The van der Waals surface area contributed by atoms with Crippen LogP contribution < -0.4 is 0 Å². The van der Waals surface area contributed by atoms with Crippen molar-refractivity contribution in [2.75, 3.05) is 0 Å². The third kappa shape index (κ3) is 2.35. The predicted octanol–water partition coefficient (Wildman–Crippen LogP) is 3.76. The van der Waals surface area contributed by atoms with E-state index in [1.807, 2.05) is 13.0 Å². The number of halogens is 2. The minimum atomic E-state index is -1.15. The zero-order chi connectivity index (χ0) is 12.6. The van der Waals surface area contributed by atoms with E-state index in [1.165, 1.54) is 6.07 Å². The first-order valence-corrected chi connectivity index (χ1v) is 5.82. The standard InChI is InChI=1S/C11H7BrClNO3/c1-5-7(2-6(12)3-8(5)13)9-4-10(11(15)16)17-14-9/h2-4H,1H3,(H,15,16). The van der Waals surface area contributed by atoms with Gasteiger partial charge >= 0.3 is 5.97 Å². The molecule has 1 aromatic carbocycles. The molecule has 6 heteroatoms. The fraction of sp³-hybridized carbons (Fsp3) is 0.0909. The number of aromatic nitrogens is 1. The molecule has 1 aromatic heterocycles. The predicted molar refractivity (Wildman–Crippen MR) is 66.3 cm³/mol. The Kier molecular flexibility index (Phi) is 3.22. The van der Waals surface area contributed by atoms with E-state index >= 15 is 0 Å². The summed E-state index contributed by atoms with van der Waals surface area (Å²) in [5, 5.41) is 13.0. The molecule has 0 aliphatic rings. The Bertz CT molecular complexity index is 594. The van der Waals surface area contributed by atoms with Crippen molar-refractivity contribution < 1.29 is 14.4 Å². The van der Waals surface area contributed by atoms with E-state index in [1.54, 1.807) is 6.07 Å². The van der Waals surface area contributed by atoms with Crippen molar-refractivity contribution in [3.8, 4) is 11.3 Å². The highest BCUT2D eigenvalue weighted by Gasteiger charge is 2.15. The summed E-state index contributed by atoms with van der Waals surface area (Å²) < 4.78 is 5.50. The molecule has 4 nitrogen and oxygen atoms in total. The van der Waals surface area contributed by atoms with Gasteiger partial charge in [0.1, 0.15) is 5.69 Å². The highest BCUT2D eigenvalue weighted by atomic mass is 79.9. The van der Waals surface area contributed by atoms with Crippen LogP contribution in [0, 0.1) is 6.92 Å². The fourth-order valence-electron chi connectivity index (χ4n) is 1.41. The summed E-state index contributed by atoms with van der Waals surface area (Å²) in [7, 11) is 0. The van der Waals surface area contributed by atoms with E-state index in [0.29, 0.717) is 10.7 Å². The van der Waals surface area contributed by atoms with Gasteiger partial charge in [-0.25, -0.2) is 4.79 Å². The first-order chi connectivity index (χ1) is 7.99. The van der Waals surface area contributed by atoms with E-state index in [2.05, 4.69) is 21.1 Å². The summed E-state index contributed by atoms with van der Waals surface area (Å²) in [6.07, 6.45) is 0. The van der Waals surface area contributed by atoms with Gasteiger partial charge in [0.2, 0.25) is 5.76 Å². The molecule has 17 heavy (non-hydrogen) atoms. The van der Waals surface area contributed by atoms with Gasteiger partial charge in [-0.3, -0.25) is 0 Å². The average Bonchev–Trinajstić information content (AvgIpc) is 2.72. The van der Waals surface area contributed by atoms with E-state index in [4.69, 9.17) is 21.2 Å². The molecule has 1 heterocycles. The molecule has 0 saturated heterocycles. The van der Waals surface area contributed by atoms with Crippen LogP contribution in [0.3, 0.4) is 0 Å². The molecular weight excluding hydrogens is 309 g/mol. The molecular formula is C11H7BrClNO3. The monoisotopic (exact) mass is 315 g/mol. The number of carbonyl (C=O) groups is 1. The first-order valence-electron chi connectivity index (χ1n) is 4.65. The van der Waals surface area contributed by atoms with Gasteiger partial charge in [0.05, 0.1) is 0 Å². The third-order valence-electron chi connectivity index (χ3n) is 2.31. The van der Waals surface area contributed by atoms with Gasteiger partial charge in [-0.05, 0) is 24.6 Å². The van der Waals surface area contributed by atoms with E-state index in [0.717, 1.165) is 15.6 Å². The minimum Gasteiger partial charge on any atom is -0.475 e. The highest BCUT2D eigenvalue weighted by molar-refractivity contribution is 9.10. The normalized spacial score (nSPS) is 10.5. The quantitative estimate of drug-likeness (QED) is 0.916. The van der Waals surface area contributed by atoms with Crippen molar-refractivity contribution in [2.24, 2.45) is 0 Å². The number of hydrogen-bond donors (Lipinski definition) is 1. The maximum Gasteiger partial charge on any atom is 0.374 e. The van der Waals surface area contributed by atoms with Crippen LogP contribution in [0.25, 0.3) is 11.3 Å². The maximum atomic E-state index is 10.7. The summed E-state index contributed by atoms with van der Waals surface area (Å²) in [5.41, 5.74) is 2.00. The van der Waals surface area contributed by atoms with E-state index in [-0.39, 0.29) is 5.76 Å². The molecule has 0 atom stereocenters. The average molecular weight is 317 g/mol. The summed E-state index contributed by atoms with van der Waals surface area (Å²) in [5.74, 6) is -1.35. The Morgan fingerprint density at radius 1 is 1.47 bits per heavy atom. The maximum absolute atomic E-state index is 10.7. The van der Waals surface area contributed by atoms with Gasteiger partial charge < -0.3 is 9.63 Å². The Morgan fingerprint density at radius 2 is 2.18 bits per heavy atom. The van der Waals surface area contributed by atoms with Crippen molar-refractivity contribution in [1.29, 1.82) is 0 Å². The molecule has 0 unspecified atom stereocenters. The van der Waals surface area contributed by atoms with Gasteiger partial charge in [-0.15, -0.1) is 0 Å². The molecule has 88 valence electrons. The van der Waals surface area contributed by atoms with Crippen LogP contribution in [0.1, 0.15) is 16.1 Å². The van der Waals surface area contributed by atoms with Gasteiger partial charge in [0.25, 0.3) is 0 Å². The zero-order valence-corrected chi connectivity index (χ0v) is 11.0. The Labute approximate surface area is 110 Å². The van der Waals surface area contributed by atoms with Crippen LogP contribution in [-0.2, 0) is 0 Å². The first kappa shape index (κ1) is 12.1. The van der Waals surface area contributed by atoms with Crippen LogP contribution in [0.2, 0.25) is 5.02 Å². The Balaban J connectivity index is 2.56. The molecule has 0 radical (unpaired) electrons. The largest absolute Gasteiger partial charge is 0.475 e. The number of aromatic carboxylic acids is 1. The fourth-order valence-corrected chi connectivity index (χ4v) is 2.22. The number of nitrogens with zero attached hydrogens (tertiary/aromatic N) is 1. The molecule has 0 fully saturated rings. The van der Waals surface area contributed by atoms with Crippen molar-refractivity contribution >= 4 is 33.5 Å². The van der Waals surface area contributed by atoms with Crippen molar-refractivity contribution in [2.45, 2.75) is 6.92 Å². The van der Waals surface area contributed by atoms with Crippen LogP contribution in [0.4, 0.5) is 0 Å². The molecule has 2 aromatic rings. The molecule has 0 saturated carbocycles. The SMILES string of the molecule is Cc1c(Cl)cc(Br)cc1-c1cc(C(=O)O)on1. The Hall–Kier alpha value is -1.33. The lowest BCUT2D eigenvalue weighted by Gasteiger charge is -2.05. The lowest BCUT2D eigenvalue weighted by atomic mass is 10.1. The van der Waals surface area contributed by atoms with Gasteiger partial charge in [0, 0.05) is 21.1 Å². The van der Waals surface area contributed by atoms with Crippen LogP contribution in [-0.4, -0.2) is 16.2 Å². The molecule has 0 aliphatic heterocycles. The molecule has 0 aliphatic carbocycles. The topological polar surface area (TPSA) is 63.3 Å². The summed E-state index contributed by atoms with van der Waals surface area (Å²) in [4.78, 5) is 10.7. The minimum absolute atomic E-state index is 0.199. The summed E-state index contributed by atoms with van der Waals surface area (Å²) in [6.45, 7) is 1.83. The summed E-state index contributed by atoms with van der Waals surface area (Å²) >= 11 is 9.35. The zero-order valence-electron chi connectivity index (χ0n) is 8.70. The van der Waals surface area contributed by atoms with Crippen molar-refractivity contribution in [3.63, 3.8) is 0 Å². The second-order valence-corrected chi connectivity index (χ2v) is 4.76. The molecule has 0 amide bonds. The second-order valence-electron chi connectivity index (χ2n) is 3.44. The Morgan fingerprint density at radius 3 is 2.76 bits per heavy atom. The second kappa shape index (κ2) is 4.50. The molecule has 1 N–H and O–H groups in total. The van der Waals surface area contributed by atoms with E-state index in [9.17, 15) is 4.79 Å². The van der Waals surface area contributed by atoms with Gasteiger partial charge in [-0.2, -0.15) is 0 Å². The van der Waals surface area contributed by atoms with Crippen LogP contribution in [0.5, 0.6) is 0 Å². The van der Waals surface area contributed by atoms with Gasteiger partial charge in [-0.1, -0.05) is 32.7 Å². The van der Waals surface area contributed by atoms with Crippen LogP contribution >= 0.6 is 27.5 Å². The number of benzene rings is 1. The summed E-state index contributed by atoms with van der Waals surface area (Å²) in [6, 6.07) is 4.94. The van der Waals surface area contributed by atoms with Crippen molar-refractivity contribution in [3.05, 3.63) is 39.0 Å². The highest BCUT2D eigenvalue weighted by Crippen LogP contribution is 2.31. The van der Waals surface area contributed by atoms with E-state index < -0.39 is 5.97 Å². The number of hydrogen-bond acceptors (Lipinski definition) is 3. The smallest absolute Gasteiger partial charge is 0.374 e. The third-order valence-corrected chi connectivity index (χ3v) is 3.16. The van der Waals surface area contributed by atoms with Gasteiger partial charge in [0.15, 0.2) is 0 Å². The lowest BCUT2D eigenvalue weighted by molar-refractivity contribution is 0.0652. The number of rotatable bonds is 2.